The first-order chi connectivity index (χ1) is 15.7. The number of halogens is 3. The van der Waals surface area contributed by atoms with E-state index in [9.17, 15) is 22.3 Å². The smallest absolute Gasteiger partial charge is 0.266 e. The fourth-order valence-corrected chi connectivity index (χ4v) is 5.84. The van der Waals surface area contributed by atoms with Crippen LogP contribution in [0.25, 0.3) is 0 Å². The van der Waals surface area contributed by atoms with Crippen LogP contribution < -0.4 is 9.46 Å². The Labute approximate surface area is 198 Å². The van der Waals surface area contributed by atoms with Crippen molar-refractivity contribution in [2.45, 2.75) is 36.2 Å². The molecule has 0 bridgehead atoms. The van der Waals surface area contributed by atoms with Crippen LogP contribution in [-0.4, -0.2) is 35.6 Å². The summed E-state index contributed by atoms with van der Waals surface area (Å²) in [6, 6.07) is 8.65. The summed E-state index contributed by atoms with van der Waals surface area (Å²) in [7, 11) is -4.40. The van der Waals surface area contributed by atoms with E-state index in [1.54, 1.807) is 12.1 Å². The molecule has 1 fully saturated rings. The lowest BCUT2D eigenvalue weighted by Crippen LogP contribution is -2.30. The van der Waals surface area contributed by atoms with Gasteiger partial charge in [-0.25, -0.2) is 22.2 Å². The molecule has 1 aliphatic carbocycles. The Balaban J connectivity index is 1.51. The number of nitrogens with zero attached hydrogens (tertiary/aromatic N) is 2. The molecule has 0 aliphatic heterocycles. The molecular formula is C21H20ClF2N3O4S2. The van der Waals surface area contributed by atoms with Gasteiger partial charge in [0.05, 0.1) is 12.7 Å². The lowest BCUT2D eigenvalue weighted by molar-refractivity contribution is 0.0670. The van der Waals surface area contributed by atoms with Crippen molar-refractivity contribution < 1.29 is 27.0 Å². The van der Waals surface area contributed by atoms with Crippen LogP contribution in [0.3, 0.4) is 0 Å². The van der Waals surface area contributed by atoms with Gasteiger partial charge in [0.15, 0.2) is 11.6 Å². The van der Waals surface area contributed by atoms with Crippen molar-refractivity contribution in [1.29, 1.82) is 0 Å². The quantitative estimate of drug-likeness (QED) is 0.477. The molecule has 4 rings (SSSR count). The molecule has 33 heavy (non-hydrogen) atoms. The van der Waals surface area contributed by atoms with Gasteiger partial charge in [-0.05, 0) is 42.9 Å². The number of ether oxygens (including phenoxy) is 1. The summed E-state index contributed by atoms with van der Waals surface area (Å²) in [6.45, 7) is 0.0237. The standard InChI is InChI=1S/C21H20ClF2N3O4S2/c22-14-3-1-12(2-4-14)16-6-5-15(28)7-13(16)10-31-19-8-18(24)20(9-17(19)23)33(29,30)27-21-25-11-26-32-21/h1-4,8-9,11,13,15-16,28H,5-7,10H2,(H,25,26,27). The molecule has 3 unspecified atom stereocenters. The average Bonchev–Trinajstić information content (AvgIpc) is 3.27. The normalized spacial score (nSPS) is 21.0. The van der Waals surface area contributed by atoms with Crippen molar-refractivity contribution in [3.05, 3.63) is 64.9 Å². The zero-order valence-electron chi connectivity index (χ0n) is 17.1. The van der Waals surface area contributed by atoms with Crippen LogP contribution >= 0.6 is 23.1 Å². The van der Waals surface area contributed by atoms with Crippen LogP contribution in [0, 0.1) is 17.6 Å². The Morgan fingerprint density at radius 2 is 1.94 bits per heavy atom. The average molecular weight is 516 g/mol. The first-order valence-corrected chi connectivity index (χ1v) is 12.7. The number of sulfonamides is 1. The van der Waals surface area contributed by atoms with Crippen molar-refractivity contribution >= 4 is 38.3 Å². The summed E-state index contributed by atoms with van der Waals surface area (Å²) >= 11 is 6.73. The van der Waals surface area contributed by atoms with Gasteiger partial charge in [0.25, 0.3) is 10.0 Å². The lowest BCUT2D eigenvalue weighted by atomic mass is 9.75. The van der Waals surface area contributed by atoms with Crippen LogP contribution in [0.4, 0.5) is 13.9 Å². The first-order valence-electron chi connectivity index (χ1n) is 10.1. The second kappa shape index (κ2) is 9.88. The number of hydrogen-bond donors (Lipinski definition) is 2. The van der Waals surface area contributed by atoms with Gasteiger partial charge in [-0.15, -0.1) is 0 Å². The van der Waals surface area contributed by atoms with Gasteiger partial charge in [0.2, 0.25) is 5.13 Å². The van der Waals surface area contributed by atoms with Gasteiger partial charge in [0.1, 0.15) is 17.0 Å². The molecule has 3 aromatic rings. The summed E-state index contributed by atoms with van der Waals surface area (Å²) in [4.78, 5) is 2.80. The zero-order valence-corrected chi connectivity index (χ0v) is 19.5. The van der Waals surface area contributed by atoms with Crippen molar-refractivity contribution in [3.63, 3.8) is 0 Å². The second-order valence-corrected chi connectivity index (χ2v) is 10.6. The summed E-state index contributed by atoms with van der Waals surface area (Å²) in [5, 5.41) is 10.7. The van der Waals surface area contributed by atoms with Crippen molar-refractivity contribution in [2.75, 3.05) is 11.3 Å². The highest BCUT2D eigenvalue weighted by Gasteiger charge is 2.32. The fraction of sp³-hybridized carbons (Fsp3) is 0.333. The molecule has 7 nitrogen and oxygen atoms in total. The third-order valence-corrected chi connectivity index (χ3v) is 7.88. The Bertz CT molecular complexity index is 1210. The van der Waals surface area contributed by atoms with Crippen molar-refractivity contribution in [1.82, 2.24) is 9.36 Å². The second-order valence-electron chi connectivity index (χ2n) is 7.76. The van der Waals surface area contributed by atoms with E-state index in [2.05, 4.69) is 14.1 Å². The Morgan fingerprint density at radius 3 is 2.64 bits per heavy atom. The maximum atomic E-state index is 14.7. The summed E-state index contributed by atoms with van der Waals surface area (Å²) in [6.07, 6.45) is 2.40. The molecular weight excluding hydrogens is 496 g/mol. The molecule has 2 N–H and O–H groups in total. The molecule has 0 spiro atoms. The molecule has 0 amide bonds. The third-order valence-electron chi connectivity index (χ3n) is 5.56. The predicted octanol–water partition coefficient (Wildman–Crippen LogP) is 4.59. The van der Waals surface area contributed by atoms with Gasteiger partial charge < -0.3 is 9.84 Å². The highest BCUT2D eigenvalue weighted by molar-refractivity contribution is 7.93. The van der Waals surface area contributed by atoms with E-state index < -0.39 is 38.4 Å². The minimum atomic E-state index is -4.40. The van der Waals surface area contributed by atoms with E-state index in [4.69, 9.17) is 16.3 Å². The Kier molecular flexibility index (Phi) is 7.13. The molecule has 1 heterocycles. The molecule has 1 aliphatic rings. The minimum absolute atomic E-state index is 0.0237. The van der Waals surface area contributed by atoms with Crippen LogP contribution in [0.2, 0.25) is 5.02 Å². The van der Waals surface area contributed by atoms with E-state index in [-0.39, 0.29) is 23.6 Å². The number of anilines is 1. The molecule has 2 aromatic carbocycles. The van der Waals surface area contributed by atoms with Crippen LogP contribution in [0.15, 0.2) is 47.6 Å². The number of hydrogen-bond acceptors (Lipinski definition) is 7. The van der Waals surface area contributed by atoms with Gasteiger partial charge >= 0.3 is 0 Å². The monoisotopic (exact) mass is 515 g/mol. The number of benzene rings is 2. The molecule has 1 saturated carbocycles. The van der Waals surface area contributed by atoms with E-state index in [1.807, 2.05) is 12.1 Å². The van der Waals surface area contributed by atoms with Crippen molar-refractivity contribution in [2.24, 2.45) is 5.92 Å². The molecule has 176 valence electrons. The van der Waals surface area contributed by atoms with Gasteiger partial charge in [-0.3, -0.25) is 4.72 Å². The number of aromatic nitrogens is 2. The molecule has 3 atom stereocenters. The van der Waals surface area contributed by atoms with Crippen LogP contribution in [0.1, 0.15) is 30.7 Å². The largest absolute Gasteiger partial charge is 0.490 e. The summed E-state index contributed by atoms with van der Waals surface area (Å²) in [5.74, 6) is -2.69. The summed E-state index contributed by atoms with van der Waals surface area (Å²) < 4.78 is 65.3. The minimum Gasteiger partial charge on any atom is -0.490 e. The Morgan fingerprint density at radius 1 is 1.18 bits per heavy atom. The van der Waals surface area contributed by atoms with Gasteiger partial charge in [0, 0.05) is 34.6 Å². The van der Waals surface area contributed by atoms with Gasteiger partial charge in [-0.1, -0.05) is 23.7 Å². The number of nitrogens with one attached hydrogen (secondary N) is 1. The zero-order chi connectivity index (χ0) is 23.6. The molecule has 12 heteroatoms. The SMILES string of the molecule is O=S(=O)(Nc1ncns1)c1cc(F)c(OCC2CC(O)CCC2c2ccc(Cl)cc2)cc1F. The molecule has 0 radical (unpaired) electrons. The lowest BCUT2D eigenvalue weighted by Gasteiger charge is -2.34. The van der Waals surface area contributed by atoms with E-state index in [1.165, 1.54) is 0 Å². The molecule has 0 saturated heterocycles. The maximum Gasteiger partial charge on any atom is 0.266 e. The fourth-order valence-electron chi connectivity index (χ4n) is 3.98. The predicted molar refractivity (Wildman–Crippen MR) is 120 cm³/mol. The number of aliphatic hydroxyl groups is 1. The first kappa shape index (κ1) is 23.8. The van der Waals surface area contributed by atoms with Gasteiger partial charge in [-0.2, -0.15) is 4.37 Å². The van der Waals surface area contributed by atoms with Crippen LogP contribution in [-0.2, 0) is 10.0 Å². The van der Waals surface area contributed by atoms with E-state index >= 15 is 0 Å². The number of aliphatic hydroxyl groups excluding tert-OH is 1. The van der Waals surface area contributed by atoms with Crippen molar-refractivity contribution in [3.8, 4) is 5.75 Å². The van der Waals surface area contributed by atoms with E-state index in [0.29, 0.717) is 36.4 Å². The summed E-state index contributed by atoms with van der Waals surface area (Å²) in [5.41, 5.74) is 1.02. The van der Waals surface area contributed by atoms with E-state index in [0.717, 1.165) is 23.4 Å². The Hall–Kier alpha value is -2.34. The number of rotatable bonds is 7. The topological polar surface area (TPSA) is 101 Å². The maximum absolute atomic E-state index is 14.7. The highest BCUT2D eigenvalue weighted by atomic mass is 35.5. The van der Waals surface area contributed by atoms with Crippen LogP contribution in [0.5, 0.6) is 5.75 Å². The molecule has 1 aromatic heterocycles. The highest BCUT2D eigenvalue weighted by Crippen LogP contribution is 2.39. The third kappa shape index (κ3) is 5.60.